The summed E-state index contributed by atoms with van der Waals surface area (Å²) in [5, 5.41) is 10.8. The first kappa shape index (κ1) is 20.4. The van der Waals surface area contributed by atoms with Gasteiger partial charge in [-0.1, -0.05) is 34.1 Å². The zero-order chi connectivity index (χ0) is 20.6. The number of hydrogen-bond acceptors (Lipinski definition) is 5. The molecule has 3 amide bonds. The summed E-state index contributed by atoms with van der Waals surface area (Å²) in [5.41, 5.74) is 3.19. The normalized spacial score (nSPS) is 10.5. The Labute approximate surface area is 179 Å². The van der Waals surface area contributed by atoms with Gasteiger partial charge in [0.2, 0.25) is 0 Å². The number of benzene rings is 2. The van der Waals surface area contributed by atoms with E-state index in [-0.39, 0.29) is 11.3 Å². The van der Waals surface area contributed by atoms with E-state index in [1.165, 1.54) is 23.6 Å². The molecule has 3 rings (SSSR count). The van der Waals surface area contributed by atoms with Gasteiger partial charge in [0.25, 0.3) is 5.91 Å². The Bertz CT molecular complexity index is 1050. The Morgan fingerprint density at radius 1 is 0.897 bits per heavy atom. The minimum Gasteiger partial charge on any atom is -0.322 e. The fourth-order valence-corrected chi connectivity index (χ4v) is 3.12. The summed E-state index contributed by atoms with van der Waals surface area (Å²) in [7, 11) is 0. The molecule has 0 aliphatic carbocycles. The van der Waals surface area contributed by atoms with Crippen LogP contribution in [0.3, 0.4) is 0 Å². The summed E-state index contributed by atoms with van der Waals surface area (Å²) in [5.74, 6) is -2.29. The van der Waals surface area contributed by atoms with Crippen molar-refractivity contribution in [1.82, 2.24) is 5.43 Å². The maximum Gasteiger partial charge on any atom is 0.329 e. The third-order valence-corrected chi connectivity index (χ3v) is 4.96. The van der Waals surface area contributed by atoms with Crippen molar-refractivity contribution in [2.45, 2.75) is 0 Å². The molecular weight excluding hydrogens is 456 g/mol. The van der Waals surface area contributed by atoms with Crippen molar-refractivity contribution in [3.05, 3.63) is 81.0 Å². The van der Waals surface area contributed by atoms with E-state index in [9.17, 15) is 14.4 Å². The molecule has 0 saturated carbocycles. The van der Waals surface area contributed by atoms with E-state index < -0.39 is 17.7 Å². The number of nitrogens with one attached hydrogen (secondary N) is 3. The van der Waals surface area contributed by atoms with Crippen molar-refractivity contribution in [3.63, 3.8) is 0 Å². The number of halogens is 1. The highest BCUT2D eigenvalue weighted by molar-refractivity contribution is 9.10. The van der Waals surface area contributed by atoms with E-state index in [0.717, 1.165) is 9.35 Å². The van der Waals surface area contributed by atoms with Crippen molar-refractivity contribution >= 4 is 62.6 Å². The first-order chi connectivity index (χ1) is 14.0. The van der Waals surface area contributed by atoms with E-state index in [0.29, 0.717) is 5.69 Å². The molecule has 2 aromatic carbocycles. The molecule has 1 heterocycles. The van der Waals surface area contributed by atoms with Crippen molar-refractivity contribution < 1.29 is 14.4 Å². The molecule has 0 saturated heterocycles. The second kappa shape index (κ2) is 9.76. The summed E-state index contributed by atoms with van der Waals surface area (Å²) in [6, 6.07) is 17.1. The van der Waals surface area contributed by atoms with E-state index in [1.54, 1.807) is 42.5 Å². The highest BCUT2D eigenvalue weighted by atomic mass is 79.9. The van der Waals surface area contributed by atoms with Gasteiger partial charge in [-0.2, -0.15) is 5.10 Å². The van der Waals surface area contributed by atoms with Gasteiger partial charge >= 0.3 is 11.8 Å². The van der Waals surface area contributed by atoms with Gasteiger partial charge in [0.15, 0.2) is 0 Å². The third kappa shape index (κ3) is 5.84. The lowest BCUT2D eigenvalue weighted by molar-refractivity contribution is -0.136. The Morgan fingerprint density at radius 2 is 1.66 bits per heavy atom. The predicted molar refractivity (Wildman–Crippen MR) is 117 cm³/mol. The van der Waals surface area contributed by atoms with Gasteiger partial charge < -0.3 is 10.6 Å². The van der Waals surface area contributed by atoms with Crippen LogP contribution in [-0.2, 0) is 9.59 Å². The van der Waals surface area contributed by atoms with E-state index in [1.807, 2.05) is 17.5 Å². The van der Waals surface area contributed by atoms with Crippen LogP contribution in [0.4, 0.5) is 11.4 Å². The fraction of sp³-hybridized carbons (Fsp3) is 0. The lowest BCUT2D eigenvalue weighted by Crippen LogP contribution is -2.33. The smallest absolute Gasteiger partial charge is 0.322 e. The maximum atomic E-state index is 12.6. The number of thiophene rings is 1. The largest absolute Gasteiger partial charge is 0.329 e. The molecule has 0 radical (unpaired) electrons. The third-order valence-electron chi connectivity index (χ3n) is 3.63. The van der Waals surface area contributed by atoms with Gasteiger partial charge in [0, 0.05) is 15.0 Å². The van der Waals surface area contributed by atoms with Crippen LogP contribution in [0.1, 0.15) is 15.2 Å². The van der Waals surface area contributed by atoms with Crippen molar-refractivity contribution in [3.8, 4) is 0 Å². The average molecular weight is 471 g/mol. The van der Waals surface area contributed by atoms with Crippen molar-refractivity contribution in [2.75, 3.05) is 10.6 Å². The van der Waals surface area contributed by atoms with Crippen LogP contribution in [0.15, 0.2) is 75.6 Å². The zero-order valence-corrected chi connectivity index (χ0v) is 17.3. The summed E-state index contributed by atoms with van der Waals surface area (Å²) in [4.78, 5) is 37.5. The standard InChI is InChI=1S/C20H15BrN4O3S/c21-13-7-9-14(10-8-13)23-18(26)16-5-1-2-6-17(16)24-19(27)20(28)25-22-12-15-4-3-11-29-15/h1-12H,(H,23,26)(H,24,27)(H,25,28). The van der Waals surface area contributed by atoms with Gasteiger partial charge in [-0.25, -0.2) is 5.43 Å². The Balaban J connectivity index is 1.64. The molecule has 7 nitrogen and oxygen atoms in total. The first-order valence-corrected chi connectivity index (χ1v) is 10.0. The van der Waals surface area contributed by atoms with E-state index >= 15 is 0 Å². The summed E-state index contributed by atoms with van der Waals surface area (Å²) in [6.07, 6.45) is 1.44. The molecule has 0 atom stereocenters. The second-order valence-corrected chi connectivity index (χ2v) is 7.57. The van der Waals surface area contributed by atoms with Gasteiger partial charge in [-0.15, -0.1) is 11.3 Å². The van der Waals surface area contributed by atoms with E-state index in [4.69, 9.17) is 0 Å². The molecule has 29 heavy (non-hydrogen) atoms. The number of carbonyl (C=O) groups is 3. The van der Waals surface area contributed by atoms with Crippen LogP contribution in [0, 0.1) is 0 Å². The molecule has 0 fully saturated rings. The van der Waals surface area contributed by atoms with Crippen LogP contribution in [0.2, 0.25) is 0 Å². The van der Waals surface area contributed by atoms with Gasteiger partial charge in [-0.05, 0) is 47.8 Å². The number of hydrogen-bond donors (Lipinski definition) is 3. The predicted octanol–water partition coefficient (Wildman–Crippen LogP) is 3.85. The van der Waals surface area contributed by atoms with Crippen LogP contribution >= 0.6 is 27.3 Å². The molecule has 3 aromatic rings. The molecule has 146 valence electrons. The van der Waals surface area contributed by atoms with Crippen molar-refractivity contribution in [2.24, 2.45) is 5.10 Å². The van der Waals surface area contributed by atoms with Gasteiger partial charge in [0.1, 0.15) is 0 Å². The summed E-state index contributed by atoms with van der Waals surface area (Å²) >= 11 is 4.77. The number of hydrazone groups is 1. The molecule has 0 aliphatic rings. The number of para-hydroxylation sites is 1. The Kier molecular flexibility index (Phi) is 6.88. The van der Waals surface area contributed by atoms with Crippen LogP contribution in [0.5, 0.6) is 0 Å². The molecule has 0 aliphatic heterocycles. The molecule has 0 bridgehead atoms. The van der Waals surface area contributed by atoms with Crippen molar-refractivity contribution in [1.29, 1.82) is 0 Å². The quantitative estimate of drug-likeness (QED) is 0.300. The molecular formula is C20H15BrN4O3S. The first-order valence-electron chi connectivity index (χ1n) is 8.37. The highest BCUT2D eigenvalue weighted by Gasteiger charge is 2.17. The topological polar surface area (TPSA) is 99.7 Å². The van der Waals surface area contributed by atoms with Crippen LogP contribution in [0.25, 0.3) is 0 Å². The number of amides is 3. The molecule has 0 unspecified atom stereocenters. The lowest BCUT2D eigenvalue weighted by atomic mass is 10.1. The molecule has 1 aromatic heterocycles. The minimum atomic E-state index is -0.944. The van der Waals surface area contributed by atoms with Crippen LogP contribution < -0.4 is 16.1 Å². The fourth-order valence-electron chi connectivity index (χ4n) is 2.27. The highest BCUT2D eigenvalue weighted by Crippen LogP contribution is 2.19. The average Bonchev–Trinajstić information content (AvgIpc) is 3.23. The second-order valence-electron chi connectivity index (χ2n) is 5.68. The monoisotopic (exact) mass is 470 g/mol. The van der Waals surface area contributed by atoms with Gasteiger partial charge in [0.05, 0.1) is 17.5 Å². The van der Waals surface area contributed by atoms with E-state index in [2.05, 4.69) is 37.1 Å². The minimum absolute atomic E-state index is 0.212. The molecule has 9 heteroatoms. The SMILES string of the molecule is O=C(NN=Cc1cccs1)C(=O)Nc1ccccc1C(=O)Nc1ccc(Br)cc1. The number of carbonyl (C=O) groups excluding carboxylic acids is 3. The Morgan fingerprint density at radius 3 is 2.38 bits per heavy atom. The molecule has 0 spiro atoms. The lowest BCUT2D eigenvalue weighted by Gasteiger charge is -2.11. The molecule has 3 N–H and O–H groups in total. The summed E-state index contributed by atoms with van der Waals surface area (Å²) in [6.45, 7) is 0. The number of nitrogens with zero attached hydrogens (tertiary/aromatic N) is 1. The van der Waals surface area contributed by atoms with Crippen LogP contribution in [-0.4, -0.2) is 23.9 Å². The van der Waals surface area contributed by atoms with Gasteiger partial charge in [-0.3, -0.25) is 14.4 Å². The number of anilines is 2. The maximum absolute atomic E-state index is 12.6. The summed E-state index contributed by atoms with van der Waals surface area (Å²) < 4.78 is 0.885. The number of rotatable bonds is 5. The Hall–Kier alpha value is -3.30. The zero-order valence-electron chi connectivity index (χ0n) is 14.9.